The number of hydrogen-bond acceptors (Lipinski definition) is 4. The van der Waals surface area contributed by atoms with Gasteiger partial charge in [0.2, 0.25) is 5.91 Å². The molecule has 100 valence electrons. The number of amides is 1. The van der Waals surface area contributed by atoms with Crippen LogP contribution in [0.5, 0.6) is 0 Å². The second-order valence-corrected chi connectivity index (χ2v) is 4.30. The van der Waals surface area contributed by atoms with E-state index in [1.165, 1.54) is 12.0 Å². The van der Waals surface area contributed by atoms with Gasteiger partial charge >= 0.3 is 5.97 Å². The molecule has 0 spiro atoms. The van der Waals surface area contributed by atoms with E-state index in [2.05, 4.69) is 14.8 Å². The number of methoxy groups -OCH3 is 1. The molecule has 0 radical (unpaired) electrons. The summed E-state index contributed by atoms with van der Waals surface area (Å²) in [6.07, 6.45) is 3.19. The number of esters is 1. The molecule has 7 heteroatoms. The summed E-state index contributed by atoms with van der Waals surface area (Å²) in [6.45, 7) is 2.12. The van der Waals surface area contributed by atoms with Crippen molar-refractivity contribution < 1.29 is 14.3 Å². The zero-order valence-corrected chi connectivity index (χ0v) is 10.7. The van der Waals surface area contributed by atoms with E-state index in [0.29, 0.717) is 13.0 Å². The standard InChI is InChI=1S/C11H18N4O3/c1-8(11(17)18-2)15-7-5-3-4-6-9(10(15)16)13-14-12/h8-9H,3-7H2,1-2H3. The molecule has 1 heterocycles. The Morgan fingerprint density at radius 2 is 2.28 bits per heavy atom. The third kappa shape index (κ3) is 3.37. The van der Waals surface area contributed by atoms with E-state index in [4.69, 9.17) is 5.53 Å². The molecule has 0 N–H and O–H groups in total. The van der Waals surface area contributed by atoms with Crippen LogP contribution in [0.15, 0.2) is 5.11 Å². The molecule has 1 amide bonds. The van der Waals surface area contributed by atoms with E-state index >= 15 is 0 Å². The van der Waals surface area contributed by atoms with Crippen LogP contribution in [0.4, 0.5) is 0 Å². The van der Waals surface area contributed by atoms with Gasteiger partial charge in [-0.05, 0) is 25.3 Å². The molecule has 1 aliphatic rings. The average molecular weight is 254 g/mol. The zero-order valence-electron chi connectivity index (χ0n) is 10.7. The number of rotatable bonds is 3. The molecule has 0 aromatic heterocycles. The van der Waals surface area contributed by atoms with E-state index in [1.807, 2.05) is 0 Å². The highest BCUT2D eigenvalue weighted by atomic mass is 16.5. The lowest BCUT2D eigenvalue weighted by atomic mass is 10.0. The van der Waals surface area contributed by atoms with Crippen LogP contribution in [0, 0.1) is 0 Å². The molecule has 1 aliphatic heterocycles. The summed E-state index contributed by atoms with van der Waals surface area (Å²) in [6, 6.07) is -1.35. The second kappa shape index (κ2) is 6.86. The molecule has 7 nitrogen and oxygen atoms in total. The molecule has 1 saturated heterocycles. The SMILES string of the molecule is COC(=O)C(C)N1CCCCCC(N=[N+]=[N-])C1=O. The summed E-state index contributed by atoms with van der Waals surface area (Å²) in [5.74, 6) is -0.742. The van der Waals surface area contributed by atoms with Gasteiger partial charge in [-0.25, -0.2) is 4.79 Å². The molecular weight excluding hydrogens is 236 g/mol. The quantitative estimate of drug-likeness (QED) is 0.331. The minimum Gasteiger partial charge on any atom is -0.467 e. The zero-order chi connectivity index (χ0) is 13.5. The van der Waals surface area contributed by atoms with Gasteiger partial charge in [-0.1, -0.05) is 18.0 Å². The summed E-state index contributed by atoms with van der Waals surface area (Å²) in [5.41, 5.74) is 8.47. The number of nitrogens with zero attached hydrogens (tertiary/aromatic N) is 4. The van der Waals surface area contributed by atoms with Crippen LogP contribution in [-0.4, -0.2) is 42.5 Å². The smallest absolute Gasteiger partial charge is 0.328 e. The van der Waals surface area contributed by atoms with Crippen molar-refractivity contribution in [2.45, 2.75) is 44.7 Å². The lowest BCUT2D eigenvalue weighted by Crippen LogP contribution is -2.48. The molecule has 1 rings (SSSR count). The largest absolute Gasteiger partial charge is 0.467 e. The monoisotopic (exact) mass is 254 g/mol. The fourth-order valence-corrected chi connectivity index (χ4v) is 2.07. The first-order valence-corrected chi connectivity index (χ1v) is 6.04. The third-order valence-electron chi connectivity index (χ3n) is 3.15. The predicted octanol–water partition coefficient (Wildman–Crippen LogP) is 1.63. The van der Waals surface area contributed by atoms with Crippen molar-refractivity contribution in [2.75, 3.05) is 13.7 Å². The lowest BCUT2D eigenvalue weighted by molar-refractivity contribution is -0.152. The first-order chi connectivity index (χ1) is 8.61. The Morgan fingerprint density at radius 1 is 1.56 bits per heavy atom. The normalized spacial score (nSPS) is 22.4. The molecule has 0 aromatic carbocycles. The number of azide groups is 1. The average Bonchev–Trinajstić information content (AvgIpc) is 2.37. The minimum atomic E-state index is -0.706. The first-order valence-electron chi connectivity index (χ1n) is 6.04. The molecule has 2 atom stereocenters. The Bertz CT molecular complexity index is 365. The Kier molecular flexibility index (Phi) is 5.45. The summed E-state index contributed by atoms with van der Waals surface area (Å²) in [7, 11) is 1.29. The van der Waals surface area contributed by atoms with Gasteiger partial charge in [-0.3, -0.25) is 4.79 Å². The first kappa shape index (κ1) is 14.3. The molecule has 18 heavy (non-hydrogen) atoms. The number of hydrogen-bond donors (Lipinski definition) is 0. The van der Waals surface area contributed by atoms with E-state index < -0.39 is 18.1 Å². The fourth-order valence-electron chi connectivity index (χ4n) is 2.07. The lowest BCUT2D eigenvalue weighted by Gasteiger charge is -2.31. The highest BCUT2D eigenvalue weighted by Gasteiger charge is 2.31. The number of ether oxygens (including phenoxy) is 1. The van der Waals surface area contributed by atoms with Crippen LogP contribution < -0.4 is 0 Å². The van der Waals surface area contributed by atoms with Crippen molar-refractivity contribution in [1.82, 2.24) is 4.90 Å². The summed E-state index contributed by atoms with van der Waals surface area (Å²) in [4.78, 5) is 27.9. The maximum atomic E-state index is 12.2. The van der Waals surface area contributed by atoms with E-state index in [-0.39, 0.29) is 5.91 Å². The summed E-state index contributed by atoms with van der Waals surface area (Å²) in [5, 5.41) is 3.52. The molecular formula is C11H18N4O3. The minimum absolute atomic E-state index is 0.287. The van der Waals surface area contributed by atoms with Gasteiger partial charge < -0.3 is 9.64 Å². The van der Waals surface area contributed by atoms with Gasteiger partial charge in [-0.15, -0.1) is 0 Å². The van der Waals surface area contributed by atoms with Crippen molar-refractivity contribution in [2.24, 2.45) is 5.11 Å². The Labute approximate surface area is 106 Å². The highest BCUT2D eigenvalue weighted by Crippen LogP contribution is 2.17. The van der Waals surface area contributed by atoms with Crippen molar-refractivity contribution in [3.63, 3.8) is 0 Å². The van der Waals surface area contributed by atoms with Crippen LogP contribution in [0.1, 0.15) is 32.6 Å². The van der Waals surface area contributed by atoms with Crippen molar-refractivity contribution in [3.05, 3.63) is 10.4 Å². The number of carbonyl (C=O) groups is 2. The summed E-state index contributed by atoms with van der Waals surface area (Å²) >= 11 is 0. The van der Waals surface area contributed by atoms with Gasteiger partial charge in [0.1, 0.15) is 12.1 Å². The van der Waals surface area contributed by atoms with Crippen LogP contribution in [-0.2, 0) is 14.3 Å². The fraction of sp³-hybridized carbons (Fsp3) is 0.818. The van der Waals surface area contributed by atoms with Crippen LogP contribution in [0.3, 0.4) is 0 Å². The predicted molar refractivity (Wildman–Crippen MR) is 64.6 cm³/mol. The van der Waals surface area contributed by atoms with Gasteiger partial charge in [0.15, 0.2) is 0 Å². The Morgan fingerprint density at radius 3 is 2.89 bits per heavy atom. The summed E-state index contributed by atoms with van der Waals surface area (Å²) < 4.78 is 4.64. The van der Waals surface area contributed by atoms with Crippen LogP contribution in [0.25, 0.3) is 10.4 Å². The molecule has 0 aromatic rings. The van der Waals surface area contributed by atoms with Gasteiger partial charge in [0.05, 0.1) is 7.11 Å². The van der Waals surface area contributed by atoms with E-state index in [9.17, 15) is 9.59 Å². The van der Waals surface area contributed by atoms with Gasteiger partial charge in [-0.2, -0.15) is 0 Å². The van der Waals surface area contributed by atoms with E-state index in [0.717, 1.165) is 19.3 Å². The number of carbonyl (C=O) groups excluding carboxylic acids is 2. The molecule has 2 unspecified atom stereocenters. The topological polar surface area (TPSA) is 95.4 Å². The van der Waals surface area contributed by atoms with Crippen molar-refractivity contribution in [3.8, 4) is 0 Å². The Hall–Kier alpha value is -1.75. The molecule has 0 bridgehead atoms. The Balaban J connectivity index is 2.87. The van der Waals surface area contributed by atoms with Crippen LogP contribution in [0.2, 0.25) is 0 Å². The third-order valence-corrected chi connectivity index (χ3v) is 3.15. The van der Waals surface area contributed by atoms with Crippen molar-refractivity contribution in [1.29, 1.82) is 0 Å². The number of likely N-dealkylation sites (tertiary alicyclic amines) is 1. The van der Waals surface area contributed by atoms with Crippen LogP contribution >= 0.6 is 0 Å². The van der Waals surface area contributed by atoms with E-state index in [1.54, 1.807) is 6.92 Å². The molecule has 0 saturated carbocycles. The highest BCUT2D eigenvalue weighted by molar-refractivity contribution is 5.87. The maximum Gasteiger partial charge on any atom is 0.328 e. The van der Waals surface area contributed by atoms with Crippen molar-refractivity contribution >= 4 is 11.9 Å². The molecule has 0 aliphatic carbocycles. The van der Waals surface area contributed by atoms with Gasteiger partial charge in [0, 0.05) is 11.5 Å². The molecule has 1 fully saturated rings. The second-order valence-electron chi connectivity index (χ2n) is 4.30. The maximum absolute atomic E-state index is 12.2. The van der Waals surface area contributed by atoms with Gasteiger partial charge in [0.25, 0.3) is 0 Å².